The molecular weight excluding hydrogens is 250 g/mol. The highest BCUT2D eigenvalue weighted by molar-refractivity contribution is 5.17. The number of nitrogens with two attached hydrogens (primary N) is 1. The number of hydrogen-bond donors (Lipinski definition) is 1. The summed E-state index contributed by atoms with van der Waals surface area (Å²) >= 11 is 0. The highest BCUT2D eigenvalue weighted by Crippen LogP contribution is 2.46. The van der Waals surface area contributed by atoms with Crippen molar-refractivity contribution in [1.29, 1.82) is 0 Å². The van der Waals surface area contributed by atoms with Crippen molar-refractivity contribution in [1.82, 2.24) is 9.78 Å². The van der Waals surface area contributed by atoms with E-state index < -0.39 is 0 Å². The van der Waals surface area contributed by atoms with Gasteiger partial charge in [0.05, 0.1) is 28.6 Å². The molecule has 4 nitrogen and oxygen atoms in total. The third-order valence-electron chi connectivity index (χ3n) is 4.44. The van der Waals surface area contributed by atoms with E-state index in [-0.39, 0.29) is 17.2 Å². The smallest absolute Gasteiger partial charge is 0.0681 e. The Kier molecular flexibility index (Phi) is 4.00. The topological polar surface area (TPSA) is 53.1 Å². The van der Waals surface area contributed by atoms with E-state index in [1.54, 1.807) is 0 Å². The van der Waals surface area contributed by atoms with Crippen molar-refractivity contribution in [3.63, 3.8) is 0 Å². The SMILES string of the molecule is CCc1cc(C(N)C2CC(C)(C)OC2(C)C)n(CC)n1. The summed E-state index contributed by atoms with van der Waals surface area (Å²) in [5.74, 6) is 0.309. The molecule has 2 N–H and O–H groups in total. The normalized spacial score (nSPS) is 25.9. The van der Waals surface area contributed by atoms with Crippen LogP contribution in [-0.2, 0) is 17.7 Å². The molecule has 0 radical (unpaired) electrons. The first-order valence-electron chi connectivity index (χ1n) is 7.72. The minimum Gasteiger partial charge on any atom is -0.369 e. The summed E-state index contributed by atoms with van der Waals surface area (Å²) in [6.45, 7) is 13.7. The molecule has 2 heterocycles. The molecule has 20 heavy (non-hydrogen) atoms. The fourth-order valence-electron chi connectivity index (χ4n) is 3.55. The van der Waals surface area contributed by atoms with E-state index in [4.69, 9.17) is 10.5 Å². The maximum Gasteiger partial charge on any atom is 0.0681 e. The van der Waals surface area contributed by atoms with Crippen LogP contribution in [-0.4, -0.2) is 21.0 Å². The number of rotatable bonds is 4. The minimum absolute atomic E-state index is 0.0282. The molecule has 2 atom stereocenters. The van der Waals surface area contributed by atoms with Crippen LogP contribution in [0.3, 0.4) is 0 Å². The molecule has 0 spiro atoms. The van der Waals surface area contributed by atoms with Crippen LogP contribution in [0.2, 0.25) is 0 Å². The highest BCUT2D eigenvalue weighted by atomic mass is 16.5. The molecule has 4 heteroatoms. The fraction of sp³-hybridized carbons (Fsp3) is 0.812. The Labute approximate surface area is 122 Å². The van der Waals surface area contributed by atoms with Crippen LogP contribution >= 0.6 is 0 Å². The molecule has 0 saturated carbocycles. The maximum absolute atomic E-state index is 6.60. The van der Waals surface area contributed by atoms with Crippen molar-refractivity contribution in [3.05, 3.63) is 17.5 Å². The summed E-state index contributed by atoms with van der Waals surface area (Å²) < 4.78 is 8.23. The van der Waals surface area contributed by atoms with E-state index in [9.17, 15) is 0 Å². The standard InChI is InChI=1S/C16H29N3O/c1-7-11-9-13(19(8-2)18-11)14(17)12-10-15(3,4)20-16(12,5)6/h9,12,14H,7-8,10,17H2,1-6H3. The molecule has 1 aromatic heterocycles. The molecule has 0 aromatic carbocycles. The van der Waals surface area contributed by atoms with Crippen molar-refractivity contribution in [2.75, 3.05) is 0 Å². The molecule has 0 aliphatic carbocycles. The second-order valence-electron chi connectivity index (χ2n) is 7.03. The van der Waals surface area contributed by atoms with Crippen LogP contribution in [0, 0.1) is 5.92 Å². The molecule has 1 aromatic rings. The van der Waals surface area contributed by atoms with Crippen LogP contribution < -0.4 is 5.73 Å². The third kappa shape index (κ3) is 2.77. The van der Waals surface area contributed by atoms with E-state index in [2.05, 4.69) is 52.7 Å². The molecular formula is C16H29N3O. The van der Waals surface area contributed by atoms with Crippen molar-refractivity contribution in [2.45, 2.75) is 78.2 Å². The number of aryl methyl sites for hydroxylation is 2. The summed E-state index contributed by atoms with van der Waals surface area (Å²) in [4.78, 5) is 0. The van der Waals surface area contributed by atoms with Gasteiger partial charge in [-0.25, -0.2) is 0 Å². The van der Waals surface area contributed by atoms with E-state index in [0.29, 0.717) is 5.92 Å². The molecule has 2 rings (SSSR count). The zero-order chi connectivity index (χ0) is 15.1. The van der Waals surface area contributed by atoms with Crippen LogP contribution in [0.1, 0.15) is 65.4 Å². The molecule has 1 saturated heterocycles. The molecule has 1 fully saturated rings. The van der Waals surface area contributed by atoms with Gasteiger partial charge in [0.2, 0.25) is 0 Å². The predicted molar refractivity (Wildman–Crippen MR) is 81.6 cm³/mol. The maximum atomic E-state index is 6.60. The monoisotopic (exact) mass is 279 g/mol. The van der Waals surface area contributed by atoms with Crippen LogP contribution in [0.15, 0.2) is 6.07 Å². The average Bonchev–Trinajstić information content (AvgIpc) is 2.85. The average molecular weight is 279 g/mol. The van der Waals surface area contributed by atoms with Crippen LogP contribution in [0.25, 0.3) is 0 Å². The minimum atomic E-state index is -0.196. The van der Waals surface area contributed by atoms with Gasteiger partial charge in [-0.1, -0.05) is 6.92 Å². The Bertz CT molecular complexity index is 476. The van der Waals surface area contributed by atoms with Gasteiger partial charge in [0.1, 0.15) is 0 Å². The fourth-order valence-corrected chi connectivity index (χ4v) is 3.55. The highest BCUT2D eigenvalue weighted by Gasteiger charge is 2.49. The van der Waals surface area contributed by atoms with Gasteiger partial charge in [-0.3, -0.25) is 4.68 Å². The Balaban J connectivity index is 2.31. The van der Waals surface area contributed by atoms with E-state index in [0.717, 1.165) is 30.8 Å². The zero-order valence-electron chi connectivity index (χ0n) is 13.7. The first-order valence-corrected chi connectivity index (χ1v) is 7.72. The van der Waals surface area contributed by atoms with E-state index in [1.165, 1.54) is 0 Å². The van der Waals surface area contributed by atoms with Gasteiger partial charge in [-0.15, -0.1) is 0 Å². The molecule has 114 valence electrons. The van der Waals surface area contributed by atoms with E-state index in [1.807, 2.05) is 4.68 Å². The first-order chi connectivity index (χ1) is 9.20. The molecule has 1 aliphatic heterocycles. The lowest BCUT2D eigenvalue weighted by Crippen LogP contribution is -2.36. The van der Waals surface area contributed by atoms with Crippen LogP contribution in [0.4, 0.5) is 0 Å². The Morgan fingerprint density at radius 3 is 2.50 bits per heavy atom. The van der Waals surface area contributed by atoms with Crippen LogP contribution in [0.5, 0.6) is 0 Å². The van der Waals surface area contributed by atoms with Crippen molar-refractivity contribution in [3.8, 4) is 0 Å². The van der Waals surface area contributed by atoms with Gasteiger partial charge < -0.3 is 10.5 Å². The second-order valence-corrected chi connectivity index (χ2v) is 7.03. The summed E-state index contributed by atoms with van der Waals surface area (Å²) in [5, 5.41) is 4.62. The van der Waals surface area contributed by atoms with E-state index >= 15 is 0 Å². The number of hydrogen-bond acceptors (Lipinski definition) is 3. The summed E-state index contributed by atoms with van der Waals surface area (Å²) in [6, 6.07) is 2.13. The second kappa shape index (κ2) is 5.15. The Hall–Kier alpha value is -0.870. The van der Waals surface area contributed by atoms with Gasteiger partial charge in [-0.2, -0.15) is 5.10 Å². The Morgan fingerprint density at radius 2 is 2.05 bits per heavy atom. The predicted octanol–water partition coefficient (Wildman–Crippen LogP) is 3.06. The largest absolute Gasteiger partial charge is 0.369 e. The Morgan fingerprint density at radius 1 is 1.40 bits per heavy atom. The van der Waals surface area contributed by atoms with Gasteiger partial charge >= 0.3 is 0 Å². The molecule has 0 amide bonds. The molecule has 2 unspecified atom stereocenters. The molecule has 1 aliphatic rings. The lowest BCUT2D eigenvalue weighted by molar-refractivity contribution is -0.0769. The van der Waals surface area contributed by atoms with Crippen molar-refractivity contribution >= 4 is 0 Å². The summed E-state index contributed by atoms with van der Waals surface area (Å²) in [7, 11) is 0. The van der Waals surface area contributed by atoms with Crippen molar-refractivity contribution in [2.24, 2.45) is 11.7 Å². The lowest BCUT2D eigenvalue weighted by atomic mass is 9.80. The van der Waals surface area contributed by atoms with Gasteiger partial charge in [0.25, 0.3) is 0 Å². The van der Waals surface area contributed by atoms with Gasteiger partial charge in [-0.05, 0) is 53.5 Å². The number of aromatic nitrogens is 2. The van der Waals surface area contributed by atoms with Gasteiger partial charge in [0.15, 0.2) is 0 Å². The summed E-state index contributed by atoms with van der Waals surface area (Å²) in [6.07, 6.45) is 1.93. The zero-order valence-corrected chi connectivity index (χ0v) is 13.7. The summed E-state index contributed by atoms with van der Waals surface area (Å²) in [5.41, 5.74) is 8.56. The van der Waals surface area contributed by atoms with Gasteiger partial charge in [0, 0.05) is 12.5 Å². The third-order valence-corrected chi connectivity index (χ3v) is 4.44. The van der Waals surface area contributed by atoms with Crippen molar-refractivity contribution < 1.29 is 4.74 Å². The lowest BCUT2D eigenvalue weighted by Gasteiger charge is -2.31. The number of ether oxygens (including phenoxy) is 1. The quantitative estimate of drug-likeness (QED) is 0.921. The number of nitrogens with zero attached hydrogens (tertiary/aromatic N) is 2. The molecule has 0 bridgehead atoms. The first kappa shape index (κ1) is 15.5.